The van der Waals surface area contributed by atoms with Crippen molar-refractivity contribution in [3.63, 3.8) is 0 Å². The molecule has 0 aromatic heterocycles. The Morgan fingerprint density at radius 2 is 0.644 bits per heavy atom. The van der Waals surface area contributed by atoms with Crippen molar-refractivity contribution < 1.29 is 9.59 Å². The molecule has 0 spiro atoms. The molecule has 0 aliphatic carbocycles. The van der Waals surface area contributed by atoms with Gasteiger partial charge in [0.15, 0.2) is 11.6 Å². The molecule has 0 saturated heterocycles. The third kappa shape index (κ3) is 15.0. The van der Waals surface area contributed by atoms with E-state index in [0.29, 0.717) is 33.9 Å². The maximum Gasteiger partial charge on any atom is 0.159 e. The van der Waals surface area contributed by atoms with Crippen molar-refractivity contribution in [2.75, 3.05) is 41.7 Å². The number of carbonyl (C=O) groups excluding carboxylic acids is 2. The smallest absolute Gasteiger partial charge is 0.159 e. The van der Waals surface area contributed by atoms with Gasteiger partial charge in [0, 0.05) is 54.4 Å². The molecule has 2 N–H and O–H groups in total. The third-order valence-electron chi connectivity index (χ3n) is 9.00. The fraction of sp³-hybridized carbons (Fsp3) is 0.208. The first-order chi connectivity index (χ1) is 28.6. The van der Waals surface area contributed by atoms with Gasteiger partial charge in [0.1, 0.15) is 0 Å². The van der Waals surface area contributed by atoms with E-state index in [0.717, 1.165) is 43.2 Å². The van der Waals surface area contributed by atoms with E-state index in [1.807, 2.05) is 42.5 Å². The average Bonchev–Trinajstić information content (AvgIpc) is 3.27. The Morgan fingerprint density at radius 1 is 0.390 bits per heavy atom. The number of para-hydroxylation sites is 1. The molecule has 11 heteroatoms. The molecular formula is C48H53N9O2. The fourth-order valence-electron chi connectivity index (χ4n) is 5.55. The first-order valence-corrected chi connectivity index (χ1v) is 19.7. The Morgan fingerprint density at radius 3 is 0.932 bits per heavy atom. The van der Waals surface area contributed by atoms with Crippen LogP contribution in [0.5, 0.6) is 0 Å². The summed E-state index contributed by atoms with van der Waals surface area (Å²) in [5, 5.41) is 25.1. The van der Waals surface area contributed by atoms with Crippen LogP contribution >= 0.6 is 0 Å². The summed E-state index contributed by atoms with van der Waals surface area (Å²) in [6.07, 6.45) is 0. The second kappa shape index (κ2) is 23.8. The predicted molar refractivity (Wildman–Crippen MR) is 243 cm³/mol. The zero-order valence-corrected chi connectivity index (χ0v) is 34.7. The van der Waals surface area contributed by atoms with E-state index < -0.39 is 0 Å². The Bertz CT molecular complexity index is 2250. The molecule has 59 heavy (non-hydrogen) atoms. The molecule has 0 heterocycles. The van der Waals surface area contributed by atoms with Crippen LogP contribution in [0.15, 0.2) is 182 Å². The number of nitrogens with zero attached hydrogens (tertiary/aromatic N) is 8. The number of benzene rings is 6. The van der Waals surface area contributed by atoms with E-state index >= 15 is 0 Å². The zero-order chi connectivity index (χ0) is 42.4. The average molecular weight is 788 g/mol. The Kier molecular flexibility index (Phi) is 18.0. The van der Waals surface area contributed by atoms with Gasteiger partial charge in [-0.05, 0) is 175 Å². The topological polar surface area (TPSA) is 141 Å². The summed E-state index contributed by atoms with van der Waals surface area (Å²) in [5.41, 5.74) is 14.5. The molecule has 0 aliphatic rings. The van der Waals surface area contributed by atoms with Gasteiger partial charge >= 0.3 is 0 Å². The Hall–Kier alpha value is -7.14. The van der Waals surface area contributed by atoms with Crippen molar-refractivity contribution in [2.45, 2.75) is 41.5 Å². The van der Waals surface area contributed by atoms with Crippen molar-refractivity contribution in [2.24, 2.45) is 30.7 Å². The number of azo groups is 3. The number of nitrogens with two attached hydrogens (primary N) is 1. The second-order valence-electron chi connectivity index (χ2n) is 13.1. The quantitative estimate of drug-likeness (QED) is 0.0664. The van der Waals surface area contributed by atoms with E-state index in [-0.39, 0.29) is 11.6 Å². The van der Waals surface area contributed by atoms with Crippen LogP contribution in [0.2, 0.25) is 0 Å². The predicted octanol–water partition coefficient (Wildman–Crippen LogP) is 14.0. The fourth-order valence-corrected chi connectivity index (χ4v) is 5.55. The second-order valence-corrected chi connectivity index (χ2v) is 13.1. The summed E-state index contributed by atoms with van der Waals surface area (Å²) in [6.45, 7) is 15.8. The van der Waals surface area contributed by atoms with Gasteiger partial charge in [0.25, 0.3) is 0 Å². The highest BCUT2D eigenvalue weighted by atomic mass is 16.1. The van der Waals surface area contributed by atoms with Gasteiger partial charge in [-0.15, -0.1) is 0 Å². The van der Waals surface area contributed by atoms with Crippen LogP contribution in [-0.2, 0) is 0 Å². The lowest BCUT2D eigenvalue weighted by Gasteiger charge is -2.20. The monoisotopic (exact) mass is 787 g/mol. The number of hydrogen-bond donors (Lipinski definition) is 1. The van der Waals surface area contributed by atoms with E-state index in [4.69, 9.17) is 5.73 Å². The standard InChI is InChI=1S/C24H25N5O.C14H13N3O.C10H15N/c1-4-29(5-2)24-16-14-23(15-17-24)28-27-22-12-10-21(11-13-22)26-25-20-8-6-19(7-9-20)18(3)30;1-10(18)11-2-6-13(7-3-11)16-17-14-8-4-12(15)5-9-14;1-3-11(4-2)10-8-6-5-7-9-10/h6-17H,4-5H2,1-3H3;2-9H,15H2,1H3;5-9H,3-4H2,1-2H3. The number of ketones is 2. The molecular weight excluding hydrogens is 735 g/mol. The first kappa shape index (κ1) is 44.6. The molecule has 0 amide bonds. The van der Waals surface area contributed by atoms with Gasteiger partial charge in [-0.3, -0.25) is 9.59 Å². The van der Waals surface area contributed by atoms with Gasteiger partial charge in [-0.25, -0.2) is 0 Å². The minimum Gasteiger partial charge on any atom is -0.399 e. The summed E-state index contributed by atoms with van der Waals surface area (Å²) >= 11 is 0. The number of carbonyl (C=O) groups is 2. The lowest BCUT2D eigenvalue weighted by atomic mass is 10.1. The summed E-state index contributed by atoms with van der Waals surface area (Å²) in [5.74, 6) is 0.0695. The van der Waals surface area contributed by atoms with E-state index in [2.05, 4.69) is 105 Å². The van der Waals surface area contributed by atoms with E-state index in [1.54, 1.807) is 72.8 Å². The molecule has 0 radical (unpaired) electrons. The summed E-state index contributed by atoms with van der Waals surface area (Å²) in [4.78, 5) is 27.0. The Balaban J connectivity index is 0.000000223. The van der Waals surface area contributed by atoms with Crippen LogP contribution in [0.3, 0.4) is 0 Å². The lowest BCUT2D eigenvalue weighted by molar-refractivity contribution is 0.100. The molecule has 302 valence electrons. The van der Waals surface area contributed by atoms with Crippen LogP contribution in [0, 0.1) is 0 Å². The summed E-state index contributed by atoms with van der Waals surface area (Å²) in [7, 11) is 0. The SMILES string of the molecule is CC(=O)c1ccc(N=Nc2ccc(N)cc2)cc1.CCN(CC)c1ccc(N=Nc2ccc(N=Nc3ccc(C(C)=O)cc3)cc2)cc1.CCN(CC)c1ccccc1. The van der Waals surface area contributed by atoms with Gasteiger partial charge in [-0.1, -0.05) is 18.2 Å². The molecule has 6 rings (SSSR count). The van der Waals surface area contributed by atoms with Crippen LogP contribution in [0.25, 0.3) is 0 Å². The summed E-state index contributed by atoms with van der Waals surface area (Å²) < 4.78 is 0. The molecule has 11 nitrogen and oxygen atoms in total. The van der Waals surface area contributed by atoms with Crippen LogP contribution in [-0.4, -0.2) is 37.7 Å². The van der Waals surface area contributed by atoms with E-state index in [9.17, 15) is 9.59 Å². The molecule has 0 unspecified atom stereocenters. The number of nitrogen functional groups attached to an aromatic ring is 1. The normalized spacial score (nSPS) is 10.8. The van der Waals surface area contributed by atoms with Gasteiger partial charge < -0.3 is 15.5 Å². The molecule has 0 aliphatic heterocycles. The lowest BCUT2D eigenvalue weighted by Crippen LogP contribution is -2.21. The highest BCUT2D eigenvalue weighted by Crippen LogP contribution is 2.25. The molecule has 0 fully saturated rings. The number of hydrogen-bond acceptors (Lipinski definition) is 11. The summed E-state index contributed by atoms with van der Waals surface area (Å²) in [6, 6.07) is 47.1. The highest BCUT2D eigenvalue weighted by Gasteiger charge is 2.03. The molecule has 6 aromatic carbocycles. The van der Waals surface area contributed by atoms with Gasteiger partial charge in [0.05, 0.1) is 34.1 Å². The number of Topliss-reactive ketones (excluding diaryl/α,β-unsaturated/α-hetero) is 2. The van der Waals surface area contributed by atoms with Crippen molar-refractivity contribution in [1.29, 1.82) is 0 Å². The van der Waals surface area contributed by atoms with Crippen LogP contribution in [0.1, 0.15) is 62.3 Å². The highest BCUT2D eigenvalue weighted by molar-refractivity contribution is 5.94. The molecule has 0 saturated carbocycles. The van der Waals surface area contributed by atoms with Gasteiger partial charge in [-0.2, -0.15) is 30.7 Å². The van der Waals surface area contributed by atoms with Crippen LogP contribution < -0.4 is 15.5 Å². The maximum atomic E-state index is 11.3. The third-order valence-corrected chi connectivity index (χ3v) is 9.00. The number of rotatable bonds is 14. The maximum absolute atomic E-state index is 11.3. The zero-order valence-electron chi connectivity index (χ0n) is 34.7. The molecule has 0 bridgehead atoms. The largest absolute Gasteiger partial charge is 0.399 e. The van der Waals surface area contributed by atoms with Crippen molar-refractivity contribution in [3.05, 3.63) is 163 Å². The van der Waals surface area contributed by atoms with Crippen molar-refractivity contribution in [1.82, 2.24) is 0 Å². The van der Waals surface area contributed by atoms with Gasteiger partial charge in [0.2, 0.25) is 0 Å². The van der Waals surface area contributed by atoms with Crippen molar-refractivity contribution >= 4 is 62.8 Å². The van der Waals surface area contributed by atoms with Crippen LogP contribution in [0.4, 0.5) is 51.2 Å². The minimum atomic E-state index is 0.0306. The Labute approximate surface area is 348 Å². The van der Waals surface area contributed by atoms with Crippen molar-refractivity contribution in [3.8, 4) is 0 Å². The first-order valence-electron chi connectivity index (χ1n) is 19.7. The van der Waals surface area contributed by atoms with E-state index in [1.165, 1.54) is 25.2 Å². The molecule has 0 atom stereocenters. The minimum absolute atomic E-state index is 0.0306. The number of anilines is 3. The molecule has 6 aromatic rings.